The molecular weight excluding hydrogens is 378 g/mol. The second kappa shape index (κ2) is 10.7. The highest BCUT2D eigenvalue weighted by atomic mass is 16.5. The molecule has 0 aliphatic heterocycles. The van der Waals surface area contributed by atoms with Crippen molar-refractivity contribution in [3.8, 4) is 11.5 Å². The van der Waals surface area contributed by atoms with Gasteiger partial charge in [0.1, 0.15) is 11.5 Å². The van der Waals surface area contributed by atoms with Crippen molar-refractivity contribution in [2.24, 2.45) is 0 Å². The summed E-state index contributed by atoms with van der Waals surface area (Å²) in [4.78, 5) is 15.3. The fraction of sp³-hybridized carbons (Fsp3) is 0.375. The third-order valence-electron chi connectivity index (χ3n) is 5.28. The number of fused-ring (bicyclic) bond motifs is 1. The number of aromatic hydroxyl groups is 1. The van der Waals surface area contributed by atoms with Gasteiger partial charge in [0.25, 0.3) is 0 Å². The third kappa shape index (κ3) is 6.26. The number of carbonyl (C=O) groups is 1. The minimum absolute atomic E-state index is 0.0338. The largest absolute Gasteiger partial charge is 0.508 e. The highest BCUT2D eigenvalue weighted by Crippen LogP contribution is 2.23. The summed E-state index contributed by atoms with van der Waals surface area (Å²) in [6.07, 6.45) is 6.32. The van der Waals surface area contributed by atoms with Crippen LogP contribution in [0.2, 0.25) is 0 Å². The van der Waals surface area contributed by atoms with Crippen molar-refractivity contribution in [2.45, 2.75) is 45.1 Å². The zero-order valence-electron chi connectivity index (χ0n) is 17.7. The molecule has 6 heteroatoms. The molecular formula is C24H31N3O3. The number of H-pyrrole nitrogens is 1. The van der Waals surface area contributed by atoms with Crippen LogP contribution in [0.5, 0.6) is 11.5 Å². The molecule has 3 rings (SSSR count). The number of ether oxygens (including phenoxy) is 1. The molecule has 4 N–H and O–H groups in total. The van der Waals surface area contributed by atoms with Crippen molar-refractivity contribution in [2.75, 3.05) is 19.0 Å². The summed E-state index contributed by atoms with van der Waals surface area (Å²) >= 11 is 0. The summed E-state index contributed by atoms with van der Waals surface area (Å²) in [5.41, 5.74) is 3.01. The van der Waals surface area contributed by atoms with Crippen LogP contribution in [0.1, 0.15) is 38.2 Å². The lowest BCUT2D eigenvalue weighted by Crippen LogP contribution is -2.28. The topological polar surface area (TPSA) is 86.4 Å². The molecule has 0 bridgehead atoms. The molecule has 0 fully saturated rings. The number of benzene rings is 2. The quantitative estimate of drug-likeness (QED) is 0.349. The molecule has 1 aromatic heterocycles. The molecule has 0 saturated carbocycles. The van der Waals surface area contributed by atoms with Crippen molar-refractivity contribution < 1.29 is 14.6 Å². The monoisotopic (exact) mass is 409 g/mol. The predicted molar refractivity (Wildman–Crippen MR) is 121 cm³/mol. The number of methoxy groups -OCH3 is 1. The SMILES string of the molecule is COc1cccc(NC(=O)CCCCC(C)NCCc2c[nH]c3ccc(O)cc23)c1. The lowest BCUT2D eigenvalue weighted by Gasteiger charge is -2.13. The van der Waals surface area contributed by atoms with E-state index in [1.54, 1.807) is 19.2 Å². The molecule has 1 unspecified atom stereocenters. The summed E-state index contributed by atoms with van der Waals surface area (Å²) in [5, 5.41) is 17.2. The molecule has 160 valence electrons. The smallest absolute Gasteiger partial charge is 0.224 e. The number of anilines is 1. The first-order valence-corrected chi connectivity index (χ1v) is 10.5. The van der Waals surface area contributed by atoms with Gasteiger partial charge >= 0.3 is 0 Å². The lowest BCUT2D eigenvalue weighted by molar-refractivity contribution is -0.116. The average Bonchev–Trinajstić information content (AvgIpc) is 3.13. The van der Waals surface area contributed by atoms with E-state index in [-0.39, 0.29) is 5.91 Å². The molecule has 0 aliphatic rings. The van der Waals surface area contributed by atoms with Gasteiger partial charge in [-0.2, -0.15) is 0 Å². The number of amides is 1. The maximum absolute atomic E-state index is 12.1. The summed E-state index contributed by atoms with van der Waals surface area (Å²) in [5.74, 6) is 1.06. The van der Waals surface area contributed by atoms with Crippen LogP contribution in [0.3, 0.4) is 0 Å². The normalized spacial score (nSPS) is 12.1. The van der Waals surface area contributed by atoms with Crippen molar-refractivity contribution in [1.29, 1.82) is 0 Å². The summed E-state index contributed by atoms with van der Waals surface area (Å²) in [7, 11) is 1.61. The van der Waals surface area contributed by atoms with Crippen molar-refractivity contribution in [3.05, 3.63) is 54.2 Å². The Bertz CT molecular complexity index is 967. The van der Waals surface area contributed by atoms with Crippen LogP contribution >= 0.6 is 0 Å². The van der Waals surface area contributed by atoms with Gasteiger partial charge in [-0.3, -0.25) is 4.79 Å². The highest BCUT2D eigenvalue weighted by molar-refractivity contribution is 5.90. The van der Waals surface area contributed by atoms with Gasteiger partial charge in [0.15, 0.2) is 0 Å². The van der Waals surface area contributed by atoms with Crippen LogP contribution < -0.4 is 15.4 Å². The molecule has 0 spiro atoms. The van der Waals surface area contributed by atoms with E-state index in [0.717, 1.165) is 54.6 Å². The molecule has 1 heterocycles. The number of unbranched alkanes of at least 4 members (excludes halogenated alkanes) is 1. The molecule has 2 aromatic carbocycles. The zero-order chi connectivity index (χ0) is 21.3. The number of hydrogen-bond acceptors (Lipinski definition) is 4. The Morgan fingerprint density at radius 2 is 2.07 bits per heavy atom. The first kappa shape index (κ1) is 21.7. The molecule has 1 amide bonds. The Morgan fingerprint density at radius 3 is 2.90 bits per heavy atom. The predicted octanol–water partition coefficient (Wildman–Crippen LogP) is 4.60. The molecule has 1 atom stereocenters. The number of phenolic OH excluding ortho intramolecular Hbond substituents is 1. The van der Waals surface area contributed by atoms with E-state index in [9.17, 15) is 9.90 Å². The third-order valence-corrected chi connectivity index (χ3v) is 5.28. The second-order valence-corrected chi connectivity index (χ2v) is 7.67. The van der Waals surface area contributed by atoms with E-state index in [1.807, 2.05) is 36.5 Å². The van der Waals surface area contributed by atoms with Gasteiger partial charge in [-0.05, 0) is 68.6 Å². The number of carbonyl (C=O) groups excluding carboxylic acids is 1. The van der Waals surface area contributed by atoms with Gasteiger partial charge in [0.05, 0.1) is 7.11 Å². The number of aromatic amines is 1. The fourth-order valence-electron chi connectivity index (χ4n) is 3.59. The molecule has 0 aliphatic carbocycles. The van der Waals surface area contributed by atoms with Gasteiger partial charge in [0.2, 0.25) is 5.91 Å². The maximum atomic E-state index is 12.1. The second-order valence-electron chi connectivity index (χ2n) is 7.67. The minimum Gasteiger partial charge on any atom is -0.508 e. The van der Waals surface area contributed by atoms with Crippen LogP contribution in [-0.2, 0) is 11.2 Å². The molecule has 0 saturated heterocycles. The van der Waals surface area contributed by atoms with Crippen LogP contribution in [0.25, 0.3) is 10.9 Å². The van der Waals surface area contributed by atoms with Gasteiger partial charge in [-0.15, -0.1) is 0 Å². The summed E-state index contributed by atoms with van der Waals surface area (Å²) < 4.78 is 5.17. The van der Waals surface area contributed by atoms with E-state index in [1.165, 1.54) is 5.56 Å². The van der Waals surface area contributed by atoms with Crippen LogP contribution in [0.15, 0.2) is 48.7 Å². The van der Waals surface area contributed by atoms with E-state index in [4.69, 9.17) is 4.74 Å². The first-order chi connectivity index (χ1) is 14.5. The molecule has 30 heavy (non-hydrogen) atoms. The van der Waals surface area contributed by atoms with Gasteiger partial charge in [-0.25, -0.2) is 0 Å². The number of phenols is 1. The van der Waals surface area contributed by atoms with Gasteiger partial charge in [-0.1, -0.05) is 12.5 Å². The molecule has 0 radical (unpaired) electrons. The Labute approximate surface area is 177 Å². The van der Waals surface area contributed by atoms with Crippen molar-refractivity contribution in [1.82, 2.24) is 10.3 Å². The first-order valence-electron chi connectivity index (χ1n) is 10.5. The minimum atomic E-state index is 0.0338. The Kier molecular flexibility index (Phi) is 7.74. The zero-order valence-corrected chi connectivity index (χ0v) is 17.7. The Balaban J connectivity index is 1.31. The average molecular weight is 410 g/mol. The van der Waals surface area contributed by atoms with Crippen molar-refractivity contribution in [3.63, 3.8) is 0 Å². The summed E-state index contributed by atoms with van der Waals surface area (Å²) in [6.45, 7) is 3.05. The van der Waals surface area contributed by atoms with E-state index < -0.39 is 0 Å². The van der Waals surface area contributed by atoms with E-state index in [2.05, 4.69) is 22.5 Å². The highest BCUT2D eigenvalue weighted by Gasteiger charge is 2.07. The lowest BCUT2D eigenvalue weighted by atomic mass is 10.1. The number of nitrogens with one attached hydrogen (secondary N) is 3. The van der Waals surface area contributed by atoms with Gasteiger partial charge < -0.3 is 25.5 Å². The van der Waals surface area contributed by atoms with Crippen LogP contribution in [-0.4, -0.2) is 35.7 Å². The maximum Gasteiger partial charge on any atom is 0.224 e. The fourth-order valence-corrected chi connectivity index (χ4v) is 3.59. The van der Waals surface area contributed by atoms with Crippen LogP contribution in [0.4, 0.5) is 5.69 Å². The van der Waals surface area contributed by atoms with E-state index >= 15 is 0 Å². The number of hydrogen-bond donors (Lipinski definition) is 4. The molecule has 3 aromatic rings. The van der Waals surface area contributed by atoms with Gasteiger partial charge in [0, 0.05) is 41.3 Å². The molecule has 6 nitrogen and oxygen atoms in total. The Hall–Kier alpha value is -2.99. The van der Waals surface area contributed by atoms with Crippen molar-refractivity contribution >= 4 is 22.5 Å². The summed E-state index contributed by atoms with van der Waals surface area (Å²) in [6, 6.07) is 13.2. The standard InChI is InChI=1S/C24H31N3O3/c1-17(25-13-12-18-16-26-23-11-10-20(28)15-22(18)23)6-3-4-9-24(29)27-19-7-5-8-21(14-19)30-2/h5,7-8,10-11,14-17,25-26,28H,3-4,6,9,12-13H2,1-2H3,(H,27,29). The Morgan fingerprint density at radius 1 is 1.20 bits per heavy atom. The van der Waals surface area contributed by atoms with Crippen LogP contribution in [0, 0.1) is 0 Å². The van der Waals surface area contributed by atoms with E-state index in [0.29, 0.717) is 18.2 Å². The number of aromatic nitrogens is 1. The number of rotatable bonds is 11.